The van der Waals surface area contributed by atoms with Gasteiger partial charge < -0.3 is 5.32 Å². The number of sulfonamides is 1. The molecule has 0 aliphatic carbocycles. The van der Waals surface area contributed by atoms with Gasteiger partial charge in [-0.25, -0.2) is 8.42 Å². The van der Waals surface area contributed by atoms with Crippen LogP contribution in [-0.2, 0) is 27.8 Å². The van der Waals surface area contributed by atoms with Gasteiger partial charge in [-0.2, -0.15) is 9.40 Å². The van der Waals surface area contributed by atoms with E-state index in [-0.39, 0.29) is 23.3 Å². The molecule has 0 saturated carbocycles. The van der Waals surface area contributed by atoms with Crippen molar-refractivity contribution in [2.75, 3.05) is 18.4 Å². The summed E-state index contributed by atoms with van der Waals surface area (Å²) in [5, 5.41) is 7.22. The summed E-state index contributed by atoms with van der Waals surface area (Å²) >= 11 is 0. The Hall–Kier alpha value is -2.97. The Morgan fingerprint density at radius 3 is 2.52 bits per heavy atom. The van der Waals surface area contributed by atoms with Gasteiger partial charge in [0.2, 0.25) is 15.9 Å². The minimum absolute atomic E-state index is 0.171. The van der Waals surface area contributed by atoms with Crippen LogP contribution in [0.25, 0.3) is 0 Å². The monoisotopic (exact) mass is 438 g/mol. The molecule has 8 heteroatoms. The Bertz CT molecular complexity index is 1110. The molecule has 2 heterocycles. The number of nitrogens with one attached hydrogen (secondary N) is 1. The highest BCUT2D eigenvalue weighted by Crippen LogP contribution is 2.24. The number of amides is 1. The molecule has 0 bridgehead atoms. The van der Waals surface area contributed by atoms with E-state index in [1.807, 2.05) is 24.4 Å². The molecule has 1 N–H and O–H groups in total. The molecule has 1 fully saturated rings. The molecule has 162 valence electrons. The van der Waals surface area contributed by atoms with Gasteiger partial charge in [-0.15, -0.1) is 0 Å². The largest absolute Gasteiger partial charge is 0.323 e. The lowest BCUT2D eigenvalue weighted by atomic mass is 9.99. The predicted octanol–water partition coefficient (Wildman–Crippen LogP) is 3.17. The normalized spacial score (nSPS) is 17.4. The first kappa shape index (κ1) is 21.3. The number of piperidine rings is 1. The van der Waals surface area contributed by atoms with E-state index in [1.165, 1.54) is 9.87 Å². The molecule has 0 spiro atoms. The number of anilines is 1. The minimum Gasteiger partial charge on any atom is -0.323 e. The van der Waals surface area contributed by atoms with Crippen LogP contribution in [-0.4, -0.2) is 41.5 Å². The fourth-order valence-corrected chi connectivity index (χ4v) is 5.34. The molecule has 1 aromatic heterocycles. The zero-order valence-corrected chi connectivity index (χ0v) is 18.0. The summed E-state index contributed by atoms with van der Waals surface area (Å²) in [6, 6.07) is 18.5. The first-order valence-corrected chi connectivity index (χ1v) is 11.9. The summed E-state index contributed by atoms with van der Waals surface area (Å²) in [6.07, 6.45) is 5.60. The average molecular weight is 439 g/mol. The molecule has 0 radical (unpaired) electrons. The Labute approximate surface area is 182 Å². The first-order chi connectivity index (χ1) is 15.0. The summed E-state index contributed by atoms with van der Waals surface area (Å²) < 4.78 is 29.0. The van der Waals surface area contributed by atoms with Gasteiger partial charge in [0, 0.05) is 25.8 Å². The predicted molar refractivity (Wildman–Crippen MR) is 119 cm³/mol. The van der Waals surface area contributed by atoms with Crippen LogP contribution < -0.4 is 5.32 Å². The molecule has 1 aliphatic rings. The lowest BCUT2D eigenvalue weighted by Gasteiger charge is -2.31. The highest BCUT2D eigenvalue weighted by Gasteiger charge is 2.33. The van der Waals surface area contributed by atoms with E-state index < -0.39 is 10.0 Å². The Morgan fingerprint density at radius 1 is 1.06 bits per heavy atom. The number of hydrogen-bond acceptors (Lipinski definition) is 4. The van der Waals surface area contributed by atoms with Crippen LogP contribution >= 0.6 is 0 Å². The van der Waals surface area contributed by atoms with Gasteiger partial charge in [-0.1, -0.05) is 48.5 Å². The standard InChI is InChI=1S/C23H26N4O3S/c28-23(25-21-16-24-26(18-21)15-13-19-8-3-1-4-9-19)20-10-7-14-27(17-20)31(29,30)22-11-5-2-6-12-22/h1-6,8-9,11-12,16,18,20H,7,10,13-15,17H2,(H,25,28). The molecule has 3 aromatic rings. The van der Waals surface area contributed by atoms with Gasteiger partial charge in [0.15, 0.2) is 0 Å². The second kappa shape index (κ2) is 9.45. The second-order valence-electron chi connectivity index (χ2n) is 7.73. The summed E-state index contributed by atoms with van der Waals surface area (Å²) in [6.45, 7) is 1.33. The fraction of sp³-hybridized carbons (Fsp3) is 0.304. The van der Waals surface area contributed by atoms with E-state index in [1.54, 1.807) is 41.2 Å². The van der Waals surface area contributed by atoms with Crippen molar-refractivity contribution < 1.29 is 13.2 Å². The van der Waals surface area contributed by atoms with E-state index in [0.717, 1.165) is 6.42 Å². The van der Waals surface area contributed by atoms with Crippen molar-refractivity contribution in [3.63, 3.8) is 0 Å². The van der Waals surface area contributed by atoms with Gasteiger partial charge in [0.1, 0.15) is 0 Å². The van der Waals surface area contributed by atoms with E-state index in [9.17, 15) is 13.2 Å². The van der Waals surface area contributed by atoms with Gasteiger partial charge >= 0.3 is 0 Å². The molecule has 2 aromatic carbocycles. The third-order valence-corrected chi connectivity index (χ3v) is 7.39. The van der Waals surface area contributed by atoms with Crippen molar-refractivity contribution in [1.82, 2.24) is 14.1 Å². The zero-order chi connectivity index (χ0) is 21.7. The maximum atomic E-state index is 12.9. The van der Waals surface area contributed by atoms with Crippen LogP contribution in [0.1, 0.15) is 18.4 Å². The molecule has 4 rings (SSSR count). The molecule has 1 atom stereocenters. The van der Waals surface area contributed by atoms with Crippen molar-refractivity contribution in [1.29, 1.82) is 0 Å². The molecule has 1 amide bonds. The molecule has 1 aliphatic heterocycles. The Kier molecular flexibility index (Phi) is 6.48. The number of aromatic nitrogens is 2. The lowest BCUT2D eigenvalue weighted by Crippen LogP contribution is -2.43. The quantitative estimate of drug-likeness (QED) is 0.614. The Balaban J connectivity index is 1.35. The molecular formula is C23H26N4O3S. The zero-order valence-electron chi connectivity index (χ0n) is 17.2. The highest BCUT2D eigenvalue weighted by atomic mass is 32.2. The number of nitrogens with zero attached hydrogens (tertiary/aromatic N) is 3. The summed E-state index contributed by atoms with van der Waals surface area (Å²) in [7, 11) is -3.59. The maximum absolute atomic E-state index is 12.9. The minimum atomic E-state index is -3.59. The molecule has 1 unspecified atom stereocenters. The number of aryl methyl sites for hydroxylation is 2. The SMILES string of the molecule is O=C(Nc1cnn(CCc2ccccc2)c1)C1CCCN(S(=O)(=O)c2ccccc2)C1. The van der Waals surface area contributed by atoms with Gasteiger partial charge in [0.25, 0.3) is 0 Å². The van der Waals surface area contributed by atoms with Crippen LogP contribution in [0.3, 0.4) is 0 Å². The number of benzene rings is 2. The van der Waals surface area contributed by atoms with Crippen LogP contribution in [0.5, 0.6) is 0 Å². The smallest absolute Gasteiger partial charge is 0.243 e. The van der Waals surface area contributed by atoms with Crippen molar-refractivity contribution >= 4 is 21.6 Å². The number of hydrogen-bond donors (Lipinski definition) is 1. The number of carbonyl (C=O) groups is 1. The van der Waals surface area contributed by atoms with Crippen LogP contribution in [0, 0.1) is 5.92 Å². The topological polar surface area (TPSA) is 84.3 Å². The molecular weight excluding hydrogens is 412 g/mol. The van der Waals surface area contributed by atoms with Gasteiger partial charge in [0.05, 0.1) is 22.7 Å². The molecule has 31 heavy (non-hydrogen) atoms. The molecule has 7 nitrogen and oxygen atoms in total. The number of rotatable bonds is 7. The third kappa shape index (κ3) is 5.21. The van der Waals surface area contributed by atoms with Gasteiger partial charge in [-0.3, -0.25) is 9.48 Å². The van der Waals surface area contributed by atoms with Crippen LogP contribution in [0.4, 0.5) is 5.69 Å². The van der Waals surface area contributed by atoms with Crippen molar-refractivity contribution in [2.45, 2.75) is 30.7 Å². The summed E-state index contributed by atoms with van der Waals surface area (Å²) in [4.78, 5) is 13.1. The summed E-state index contributed by atoms with van der Waals surface area (Å²) in [5.41, 5.74) is 1.85. The van der Waals surface area contributed by atoms with Crippen LogP contribution in [0.15, 0.2) is 78.0 Å². The lowest BCUT2D eigenvalue weighted by molar-refractivity contribution is -0.120. The van der Waals surface area contributed by atoms with Crippen molar-refractivity contribution in [3.8, 4) is 0 Å². The second-order valence-corrected chi connectivity index (χ2v) is 9.67. The fourth-order valence-electron chi connectivity index (χ4n) is 3.80. The van der Waals surface area contributed by atoms with E-state index in [0.29, 0.717) is 31.6 Å². The maximum Gasteiger partial charge on any atom is 0.243 e. The first-order valence-electron chi connectivity index (χ1n) is 10.4. The summed E-state index contributed by atoms with van der Waals surface area (Å²) in [5.74, 6) is -0.560. The van der Waals surface area contributed by atoms with E-state index >= 15 is 0 Å². The van der Waals surface area contributed by atoms with Crippen LogP contribution in [0.2, 0.25) is 0 Å². The number of carbonyl (C=O) groups excluding carboxylic acids is 1. The average Bonchev–Trinajstić information content (AvgIpc) is 3.26. The highest BCUT2D eigenvalue weighted by molar-refractivity contribution is 7.89. The van der Waals surface area contributed by atoms with Crippen molar-refractivity contribution in [2.24, 2.45) is 5.92 Å². The molecule has 1 saturated heterocycles. The Morgan fingerprint density at radius 2 is 1.77 bits per heavy atom. The van der Waals surface area contributed by atoms with Gasteiger partial charge in [-0.05, 0) is 37.0 Å². The van der Waals surface area contributed by atoms with E-state index in [2.05, 4.69) is 22.5 Å². The van der Waals surface area contributed by atoms with E-state index in [4.69, 9.17) is 0 Å². The van der Waals surface area contributed by atoms with Crippen molar-refractivity contribution in [3.05, 3.63) is 78.6 Å². The third-order valence-electron chi connectivity index (χ3n) is 5.51.